The molecular formula is C26H28FNO5S. The summed E-state index contributed by atoms with van der Waals surface area (Å²) >= 11 is 0. The maximum Gasteiger partial charge on any atom is 0.339 e. The Morgan fingerprint density at radius 1 is 0.941 bits per heavy atom. The van der Waals surface area contributed by atoms with E-state index in [0.29, 0.717) is 13.1 Å². The van der Waals surface area contributed by atoms with E-state index < -0.39 is 15.9 Å². The van der Waals surface area contributed by atoms with Crippen LogP contribution in [0.4, 0.5) is 4.39 Å². The number of carbonyl (C=O) groups excluding carboxylic acids is 1. The molecule has 0 fully saturated rings. The van der Waals surface area contributed by atoms with Gasteiger partial charge in [-0.3, -0.25) is 4.79 Å². The van der Waals surface area contributed by atoms with Crippen LogP contribution in [-0.2, 0) is 27.9 Å². The normalized spacial score (nSPS) is 11.3. The van der Waals surface area contributed by atoms with Crippen LogP contribution < -0.4 is 8.92 Å². The molecular weight excluding hydrogens is 457 g/mol. The van der Waals surface area contributed by atoms with Crippen LogP contribution >= 0.6 is 0 Å². The predicted octanol–water partition coefficient (Wildman–Crippen LogP) is 4.83. The van der Waals surface area contributed by atoms with E-state index >= 15 is 0 Å². The van der Waals surface area contributed by atoms with E-state index in [1.54, 1.807) is 24.1 Å². The molecule has 0 aliphatic carbocycles. The molecule has 0 spiro atoms. The quantitative estimate of drug-likeness (QED) is 0.385. The molecule has 0 heterocycles. The Morgan fingerprint density at radius 3 is 2.24 bits per heavy atom. The van der Waals surface area contributed by atoms with E-state index in [1.165, 1.54) is 6.07 Å². The van der Waals surface area contributed by atoms with Gasteiger partial charge in [-0.05, 0) is 65.6 Å². The van der Waals surface area contributed by atoms with Crippen molar-refractivity contribution in [3.05, 3.63) is 89.7 Å². The molecule has 3 rings (SSSR count). The van der Waals surface area contributed by atoms with Crippen molar-refractivity contribution in [2.75, 3.05) is 13.7 Å². The average molecular weight is 486 g/mol. The van der Waals surface area contributed by atoms with Gasteiger partial charge in [-0.25, -0.2) is 4.39 Å². The van der Waals surface area contributed by atoms with Gasteiger partial charge in [0.25, 0.3) is 0 Å². The van der Waals surface area contributed by atoms with Crippen molar-refractivity contribution >= 4 is 16.0 Å². The summed E-state index contributed by atoms with van der Waals surface area (Å²) in [5, 5.41) is 0. The molecule has 0 saturated carbocycles. The summed E-state index contributed by atoms with van der Waals surface area (Å²) in [4.78, 5) is 14.7. The Kier molecular flexibility index (Phi) is 8.28. The van der Waals surface area contributed by atoms with Crippen LogP contribution in [0.15, 0.2) is 77.7 Å². The van der Waals surface area contributed by atoms with E-state index in [0.717, 1.165) is 41.1 Å². The molecule has 180 valence electrons. The van der Waals surface area contributed by atoms with Crippen LogP contribution in [0, 0.1) is 11.7 Å². The lowest BCUT2D eigenvalue weighted by Gasteiger charge is -2.25. The van der Waals surface area contributed by atoms with Crippen molar-refractivity contribution in [3.63, 3.8) is 0 Å². The zero-order valence-electron chi connectivity index (χ0n) is 19.4. The van der Waals surface area contributed by atoms with Gasteiger partial charge in [0.15, 0.2) is 0 Å². The van der Waals surface area contributed by atoms with Gasteiger partial charge < -0.3 is 13.8 Å². The molecule has 0 unspecified atom stereocenters. The summed E-state index contributed by atoms with van der Waals surface area (Å²) in [6.45, 7) is 4.92. The number of ether oxygens (including phenoxy) is 1. The lowest BCUT2D eigenvalue weighted by molar-refractivity contribution is -0.131. The van der Waals surface area contributed by atoms with Crippen LogP contribution in [0.25, 0.3) is 0 Å². The van der Waals surface area contributed by atoms with Crippen molar-refractivity contribution < 1.29 is 26.5 Å². The summed E-state index contributed by atoms with van der Waals surface area (Å²) < 4.78 is 48.6. The monoisotopic (exact) mass is 485 g/mol. The second-order valence-corrected chi connectivity index (χ2v) is 9.88. The van der Waals surface area contributed by atoms with Gasteiger partial charge >= 0.3 is 10.1 Å². The van der Waals surface area contributed by atoms with E-state index in [4.69, 9.17) is 8.92 Å². The zero-order chi connectivity index (χ0) is 24.7. The molecule has 0 aliphatic heterocycles. The molecule has 0 N–H and O–H groups in total. The van der Waals surface area contributed by atoms with E-state index in [1.807, 2.05) is 44.2 Å². The van der Waals surface area contributed by atoms with Gasteiger partial charge in [0.05, 0.1) is 13.5 Å². The summed E-state index contributed by atoms with van der Waals surface area (Å²) in [5.74, 6) is 0.518. The first-order valence-corrected chi connectivity index (χ1v) is 12.3. The van der Waals surface area contributed by atoms with Crippen molar-refractivity contribution in [1.82, 2.24) is 4.90 Å². The van der Waals surface area contributed by atoms with Gasteiger partial charge in [-0.15, -0.1) is 0 Å². The van der Waals surface area contributed by atoms with Crippen LogP contribution in [0.5, 0.6) is 11.5 Å². The summed E-state index contributed by atoms with van der Waals surface area (Å²) in [7, 11) is -2.52. The fourth-order valence-corrected chi connectivity index (χ4v) is 4.34. The SMILES string of the molecule is COc1ccc(CC(=O)N(Cc2cccc(OS(=O)(=O)c3ccc(F)cc3)c2)CC(C)C)cc1. The van der Waals surface area contributed by atoms with Gasteiger partial charge in [0, 0.05) is 13.1 Å². The highest BCUT2D eigenvalue weighted by atomic mass is 32.2. The highest BCUT2D eigenvalue weighted by Crippen LogP contribution is 2.22. The molecule has 34 heavy (non-hydrogen) atoms. The Morgan fingerprint density at radius 2 is 1.62 bits per heavy atom. The number of amides is 1. The largest absolute Gasteiger partial charge is 0.497 e. The molecule has 0 radical (unpaired) electrons. The highest BCUT2D eigenvalue weighted by molar-refractivity contribution is 7.87. The maximum atomic E-state index is 13.1. The third-order valence-corrected chi connectivity index (χ3v) is 6.29. The third kappa shape index (κ3) is 7.05. The number of nitrogens with zero attached hydrogens (tertiary/aromatic N) is 1. The standard InChI is InChI=1S/C26H28FNO5S/c1-19(2)17-28(26(29)16-20-7-11-23(32-3)12-8-20)18-21-5-4-6-24(15-21)33-34(30,31)25-13-9-22(27)10-14-25/h4-15,19H,16-18H2,1-3H3. The number of methoxy groups -OCH3 is 1. The first-order valence-electron chi connectivity index (χ1n) is 10.9. The van der Waals surface area contributed by atoms with E-state index in [-0.39, 0.29) is 28.9 Å². The average Bonchev–Trinajstić information content (AvgIpc) is 2.79. The second-order valence-electron chi connectivity index (χ2n) is 8.33. The molecule has 3 aromatic carbocycles. The third-order valence-electron chi connectivity index (χ3n) is 5.03. The second kappa shape index (κ2) is 11.2. The summed E-state index contributed by atoms with van der Waals surface area (Å²) in [6.07, 6.45) is 0.242. The van der Waals surface area contributed by atoms with Gasteiger partial charge in [0.2, 0.25) is 5.91 Å². The number of benzene rings is 3. The fourth-order valence-electron chi connectivity index (χ4n) is 3.42. The van der Waals surface area contributed by atoms with E-state index in [9.17, 15) is 17.6 Å². The first-order chi connectivity index (χ1) is 16.2. The first kappa shape index (κ1) is 25.2. The molecule has 0 bridgehead atoms. The molecule has 0 saturated heterocycles. The molecule has 0 aliphatic rings. The van der Waals surface area contributed by atoms with Crippen molar-refractivity contribution in [2.45, 2.75) is 31.7 Å². The minimum Gasteiger partial charge on any atom is -0.497 e. The van der Waals surface area contributed by atoms with Crippen LogP contribution in [0.2, 0.25) is 0 Å². The zero-order valence-corrected chi connectivity index (χ0v) is 20.2. The Hall–Kier alpha value is -3.39. The van der Waals surface area contributed by atoms with Gasteiger partial charge in [-0.1, -0.05) is 38.1 Å². The van der Waals surface area contributed by atoms with Gasteiger partial charge in [-0.2, -0.15) is 8.42 Å². The molecule has 3 aromatic rings. The number of rotatable bonds is 10. The molecule has 0 aromatic heterocycles. The van der Waals surface area contributed by atoms with E-state index in [2.05, 4.69) is 0 Å². The number of hydrogen-bond acceptors (Lipinski definition) is 5. The maximum absolute atomic E-state index is 13.1. The Bertz CT molecular complexity index is 1210. The topological polar surface area (TPSA) is 72.9 Å². The minimum atomic E-state index is -4.11. The Labute approximate surface area is 200 Å². The molecule has 8 heteroatoms. The van der Waals surface area contributed by atoms with Crippen molar-refractivity contribution in [3.8, 4) is 11.5 Å². The number of hydrogen-bond donors (Lipinski definition) is 0. The number of carbonyl (C=O) groups is 1. The molecule has 6 nitrogen and oxygen atoms in total. The van der Waals surface area contributed by atoms with Crippen molar-refractivity contribution in [1.29, 1.82) is 0 Å². The highest BCUT2D eigenvalue weighted by Gasteiger charge is 2.19. The van der Waals surface area contributed by atoms with Crippen LogP contribution in [-0.4, -0.2) is 32.9 Å². The van der Waals surface area contributed by atoms with Crippen molar-refractivity contribution in [2.24, 2.45) is 5.92 Å². The van der Waals surface area contributed by atoms with Crippen LogP contribution in [0.1, 0.15) is 25.0 Å². The van der Waals surface area contributed by atoms with Gasteiger partial charge in [0.1, 0.15) is 22.2 Å². The van der Waals surface area contributed by atoms with Crippen LogP contribution in [0.3, 0.4) is 0 Å². The summed E-state index contributed by atoms with van der Waals surface area (Å²) in [5.41, 5.74) is 1.61. The lowest BCUT2D eigenvalue weighted by Crippen LogP contribution is -2.34. The minimum absolute atomic E-state index is 0.0379. The molecule has 1 amide bonds. The number of halogens is 1. The molecule has 0 atom stereocenters. The fraction of sp³-hybridized carbons (Fsp3) is 0.269. The summed E-state index contributed by atoms with van der Waals surface area (Å²) in [6, 6.07) is 18.4. The predicted molar refractivity (Wildman–Crippen MR) is 128 cm³/mol. The Balaban J connectivity index is 1.74. The smallest absolute Gasteiger partial charge is 0.339 e. The lowest BCUT2D eigenvalue weighted by atomic mass is 10.1.